The largest absolute Gasteiger partial charge is 0.379 e. The molecule has 2 N–H and O–H groups in total. The monoisotopic (exact) mass is 357 g/mol. The van der Waals surface area contributed by atoms with Gasteiger partial charge in [0, 0.05) is 19.6 Å². The third-order valence-corrected chi connectivity index (χ3v) is 4.66. The van der Waals surface area contributed by atoms with E-state index in [9.17, 15) is 4.79 Å². The number of benzene rings is 1. The van der Waals surface area contributed by atoms with Gasteiger partial charge in [0.2, 0.25) is 0 Å². The van der Waals surface area contributed by atoms with Crippen LogP contribution in [0.25, 0.3) is 0 Å². The number of H-pyrrole nitrogens is 1. The molecule has 0 aliphatic carbocycles. The summed E-state index contributed by atoms with van der Waals surface area (Å²) >= 11 is 0. The van der Waals surface area contributed by atoms with Crippen molar-refractivity contribution in [1.29, 1.82) is 0 Å². The second-order valence-electron chi connectivity index (χ2n) is 6.38. The Balaban J connectivity index is 1.45. The molecule has 0 saturated carbocycles. The molecule has 3 heterocycles. The Morgan fingerprint density at radius 3 is 2.81 bits per heavy atom. The molecule has 0 amide bonds. The number of anilines is 1. The van der Waals surface area contributed by atoms with Gasteiger partial charge in [-0.3, -0.25) is 9.69 Å². The Morgan fingerprint density at radius 1 is 1.23 bits per heavy atom. The molecule has 1 aromatic carbocycles. The maximum Gasteiger partial charge on any atom is 0.275 e. The van der Waals surface area contributed by atoms with Gasteiger partial charge in [-0.2, -0.15) is 5.01 Å². The first kappa shape index (κ1) is 17.2. The molecule has 0 spiro atoms. The average molecular weight is 357 g/mol. The number of hydrogen-bond donors (Lipinski definition) is 2. The molecule has 2 aromatic rings. The van der Waals surface area contributed by atoms with Crippen LogP contribution in [0.1, 0.15) is 17.5 Å². The highest BCUT2D eigenvalue weighted by Gasteiger charge is 2.30. The van der Waals surface area contributed by atoms with Crippen molar-refractivity contribution in [3.8, 4) is 0 Å². The molecule has 1 atom stereocenters. The van der Waals surface area contributed by atoms with Crippen molar-refractivity contribution >= 4 is 5.69 Å². The fourth-order valence-corrected chi connectivity index (χ4v) is 3.26. The number of fused-ring (bicyclic) bond motifs is 1. The molecule has 1 unspecified atom stereocenters. The molecule has 0 bridgehead atoms. The normalized spacial score (nSPS) is 19.1. The van der Waals surface area contributed by atoms with Crippen LogP contribution >= 0.6 is 0 Å². The van der Waals surface area contributed by atoms with Gasteiger partial charge in [0.25, 0.3) is 5.56 Å². The zero-order valence-electron chi connectivity index (χ0n) is 14.6. The van der Waals surface area contributed by atoms with Gasteiger partial charge in [0.15, 0.2) is 6.23 Å². The highest BCUT2D eigenvalue weighted by molar-refractivity contribution is 5.48. The van der Waals surface area contributed by atoms with Gasteiger partial charge in [0.05, 0.1) is 38.4 Å². The summed E-state index contributed by atoms with van der Waals surface area (Å²) in [6.07, 6.45) is 1.13. The minimum Gasteiger partial charge on any atom is -0.379 e. The van der Waals surface area contributed by atoms with E-state index >= 15 is 0 Å². The zero-order valence-corrected chi connectivity index (χ0v) is 14.6. The van der Waals surface area contributed by atoms with Crippen molar-refractivity contribution in [2.75, 3.05) is 44.9 Å². The minimum absolute atomic E-state index is 0.169. The molecule has 2 aliphatic rings. The van der Waals surface area contributed by atoms with E-state index in [-0.39, 0.29) is 11.8 Å². The maximum atomic E-state index is 12.0. The summed E-state index contributed by atoms with van der Waals surface area (Å²) in [6, 6.07) is 10.0. The first-order valence-electron chi connectivity index (χ1n) is 8.88. The highest BCUT2D eigenvalue weighted by Crippen LogP contribution is 2.29. The predicted molar refractivity (Wildman–Crippen MR) is 96.4 cm³/mol. The van der Waals surface area contributed by atoms with E-state index in [1.807, 2.05) is 35.3 Å². The predicted octanol–water partition coefficient (Wildman–Crippen LogP) is 0.960. The number of hydrogen-bond acceptors (Lipinski definition) is 7. The third kappa shape index (κ3) is 3.78. The van der Waals surface area contributed by atoms with Crippen molar-refractivity contribution in [3.63, 3.8) is 0 Å². The van der Waals surface area contributed by atoms with Crippen molar-refractivity contribution < 1.29 is 9.47 Å². The summed E-state index contributed by atoms with van der Waals surface area (Å²) in [4.78, 5) is 21.2. The summed E-state index contributed by atoms with van der Waals surface area (Å²) in [5.41, 5.74) is 5.24. The Bertz CT molecular complexity index is 776. The number of aromatic nitrogens is 2. The maximum absolute atomic E-state index is 12.0. The van der Waals surface area contributed by atoms with Crippen molar-refractivity contribution in [3.05, 3.63) is 58.3 Å². The van der Waals surface area contributed by atoms with Crippen molar-refractivity contribution in [2.45, 2.75) is 12.8 Å². The van der Waals surface area contributed by atoms with Crippen LogP contribution in [0.15, 0.2) is 41.5 Å². The van der Waals surface area contributed by atoms with Crippen LogP contribution in [0, 0.1) is 0 Å². The van der Waals surface area contributed by atoms with Crippen LogP contribution < -0.4 is 11.0 Å². The standard InChI is InChI=1S/C18H23N5O3/c24-17-16-15(19-13-20-17)12-23(21-16)18(14-4-2-1-3-5-14)26-11-8-22-6-9-25-10-7-22/h1-5,13,18,21H,6-12H2,(H,19,20,24). The zero-order chi connectivity index (χ0) is 17.8. The molecule has 1 fully saturated rings. The van der Waals surface area contributed by atoms with E-state index in [0.29, 0.717) is 18.8 Å². The number of ether oxygens (including phenoxy) is 2. The van der Waals surface area contributed by atoms with Gasteiger partial charge in [-0.15, -0.1) is 0 Å². The van der Waals surface area contributed by atoms with Crippen molar-refractivity contribution in [1.82, 2.24) is 19.9 Å². The Kier molecular flexibility index (Phi) is 5.26. The lowest BCUT2D eigenvalue weighted by Crippen LogP contribution is -2.39. The number of nitrogens with zero attached hydrogens (tertiary/aromatic N) is 3. The quantitative estimate of drug-likeness (QED) is 0.797. The van der Waals surface area contributed by atoms with Gasteiger partial charge < -0.3 is 19.9 Å². The summed E-state index contributed by atoms with van der Waals surface area (Å²) in [5, 5.41) is 1.92. The number of rotatable bonds is 6. The van der Waals surface area contributed by atoms with E-state index in [1.165, 1.54) is 6.33 Å². The lowest BCUT2D eigenvalue weighted by Gasteiger charge is -2.30. The number of nitrogens with one attached hydrogen (secondary N) is 2. The van der Waals surface area contributed by atoms with Crippen molar-refractivity contribution in [2.24, 2.45) is 0 Å². The minimum atomic E-state index is -0.300. The van der Waals surface area contributed by atoms with Gasteiger partial charge >= 0.3 is 0 Å². The second-order valence-corrected chi connectivity index (χ2v) is 6.38. The molecule has 26 heavy (non-hydrogen) atoms. The van der Waals surface area contributed by atoms with E-state index < -0.39 is 0 Å². The highest BCUT2D eigenvalue weighted by atomic mass is 16.5. The Hall–Kier alpha value is -2.26. The van der Waals surface area contributed by atoms with Gasteiger partial charge in [0.1, 0.15) is 5.69 Å². The smallest absolute Gasteiger partial charge is 0.275 e. The molecular weight excluding hydrogens is 334 g/mol. The fourth-order valence-electron chi connectivity index (χ4n) is 3.26. The molecule has 1 saturated heterocycles. The number of hydrazine groups is 1. The molecule has 8 heteroatoms. The van der Waals surface area contributed by atoms with Gasteiger partial charge in [-0.25, -0.2) is 4.98 Å². The van der Waals surface area contributed by atoms with Crippen LogP contribution in [0.3, 0.4) is 0 Å². The molecule has 4 rings (SSSR count). The number of aromatic amines is 1. The molecule has 8 nitrogen and oxygen atoms in total. The van der Waals surface area contributed by atoms with Gasteiger partial charge in [-0.05, 0) is 5.56 Å². The summed E-state index contributed by atoms with van der Waals surface area (Å²) in [7, 11) is 0. The van der Waals surface area contributed by atoms with Crippen LogP contribution in [0.5, 0.6) is 0 Å². The van der Waals surface area contributed by atoms with Gasteiger partial charge in [-0.1, -0.05) is 30.3 Å². The molecule has 1 aromatic heterocycles. The molecule has 2 aliphatic heterocycles. The van der Waals surface area contributed by atoms with E-state index in [4.69, 9.17) is 9.47 Å². The van der Waals surface area contributed by atoms with E-state index in [1.54, 1.807) is 0 Å². The number of morpholine rings is 1. The second kappa shape index (κ2) is 7.96. The third-order valence-electron chi connectivity index (χ3n) is 4.66. The summed E-state index contributed by atoms with van der Waals surface area (Å²) < 4.78 is 11.6. The average Bonchev–Trinajstić information content (AvgIpc) is 3.12. The fraction of sp³-hybridized carbons (Fsp3) is 0.444. The Morgan fingerprint density at radius 2 is 2.04 bits per heavy atom. The lowest BCUT2D eigenvalue weighted by molar-refractivity contribution is -0.0637. The van der Waals surface area contributed by atoms with Crippen LogP contribution in [0.4, 0.5) is 5.69 Å². The van der Waals surface area contributed by atoms with Crippen LogP contribution in [-0.4, -0.2) is 59.3 Å². The van der Waals surface area contributed by atoms with Crippen LogP contribution in [-0.2, 0) is 16.0 Å². The van der Waals surface area contributed by atoms with Crippen LogP contribution in [0.2, 0.25) is 0 Å². The summed E-state index contributed by atoms with van der Waals surface area (Å²) in [6.45, 7) is 5.39. The SMILES string of the molecule is O=c1[nH]cnc2c1NN(C(OCCN1CCOCC1)c1ccccc1)C2. The first-order chi connectivity index (χ1) is 12.8. The molecule has 138 valence electrons. The summed E-state index contributed by atoms with van der Waals surface area (Å²) in [5.74, 6) is 0. The molecular formula is C18H23N5O3. The Labute approximate surface area is 151 Å². The topological polar surface area (TPSA) is 82.7 Å². The van der Waals surface area contributed by atoms with E-state index in [0.717, 1.165) is 44.1 Å². The molecule has 0 radical (unpaired) electrons. The first-order valence-corrected chi connectivity index (χ1v) is 8.88. The lowest BCUT2D eigenvalue weighted by atomic mass is 10.2. The van der Waals surface area contributed by atoms with E-state index in [2.05, 4.69) is 20.3 Å².